The van der Waals surface area contributed by atoms with Crippen LogP contribution < -0.4 is 15.5 Å². The van der Waals surface area contributed by atoms with Crippen molar-refractivity contribution in [1.29, 1.82) is 0 Å². The standard InChI is InChI=1S/C25H31N5.HI/c1-2-26-25(28-17-13-21-10-7-9-20-8-3-4-11-23(20)21)29-22-14-18-30(19-15-22)24-12-5-6-16-27-24;/h3-12,16,22H,2,13-15,17-19H2,1H3,(H2,26,28,29);1H. The summed E-state index contributed by atoms with van der Waals surface area (Å²) >= 11 is 0. The molecule has 0 spiro atoms. The normalized spacial score (nSPS) is 14.9. The van der Waals surface area contributed by atoms with Gasteiger partial charge in [-0.2, -0.15) is 0 Å². The molecule has 4 rings (SSSR count). The summed E-state index contributed by atoms with van der Waals surface area (Å²) in [6.45, 7) is 5.79. The minimum Gasteiger partial charge on any atom is -0.357 e. The number of halogens is 1. The Morgan fingerprint density at radius 3 is 2.58 bits per heavy atom. The number of rotatable bonds is 6. The van der Waals surface area contributed by atoms with E-state index in [1.165, 1.54) is 16.3 Å². The smallest absolute Gasteiger partial charge is 0.191 e. The maximum Gasteiger partial charge on any atom is 0.191 e. The second-order valence-electron chi connectivity index (χ2n) is 7.74. The maximum atomic E-state index is 4.86. The van der Waals surface area contributed by atoms with Crippen molar-refractivity contribution in [1.82, 2.24) is 15.6 Å². The van der Waals surface area contributed by atoms with E-state index in [2.05, 4.69) is 82.0 Å². The molecule has 1 aliphatic heterocycles. The van der Waals surface area contributed by atoms with Gasteiger partial charge in [-0.3, -0.25) is 4.99 Å². The molecule has 6 heteroatoms. The van der Waals surface area contributed by atoms with E-state index in [1.807, 2.05) is 12.3 Å². The number of guanidine groups is 1. The fraction of sp³-hybridized carbons (Fsp3) is 0.360. The Bertz CT molecular complexity index is 963. The summed E-state index contributed by atoms with van der Waals surface area (Å²) in [5.74, 6) is 2.00. The summed E-state index contributed by atoms with van der Waals surface area (Å²) in [4.78, 5) is 11.7. The van der Waals surface area contributed by atoms with Crippen LogP contribution in [0.15, 0.2) is 71.9 Å². The van der Waals surface area contributed by atoms with Gasteiger partial charge in [0.25, 0.3) is 0 Å². The van der Waals surface area contributed by atoms with Gasteiger partial charge in [0.05, 0.1) is 0 Å². The highest BCUT2D eigenvalue weighted by Gasteiger charge is 2.20. The SMILES string of the molecule is CCNC(=NCCc1cccc2ccccc12)NC1CCN(c2ccccn2)CC1.I. The van der Waals surface area contributed by atoms with E-state index in [9.17, 15) is 0 Å². The van der Waals surface area contributed by atoms with Crippen LogP contribution >= 0.6 is 24.0 Å². The van der Waals surface area contributed by atoms with Gasteiger partial charge >= 0.3 is 0 Å². The molecule has 1 aromatic heterocycles. The number of benzene rings is 2. The van der Waals surface area contributed by atoms with Gasteiger partial charge in [0.1, 0.15) is 5.82 Å². The predicted octanol–water partition coefficient (Wildman–Crippen LogP) is 4.62. The number of pyridine rings is 1. The van der Waals surface area contributed by atoms with Crippen molar-refractivity contribution >= 4 is 46.5 Å². The van der Waals surface area contributed by atoms with Crippen LogP contribution in [0.4, 0.5) is 5.82 Å². The van der Waals surface area contributed by atoms with Crippen molar-refractivity contribution in [2.24, 2.45) is 4.99 Å². The molecule has 0 unspecified atom stereocenters. The number of nitrogens with zero attached hydrogens (tertiary/aromatic N) is 3. The summed E-state index contributed by atoms with van der Waals surface area (Å²) in [5.41, 5.74) is 1.36. The quantitative estimate of drug-likeness (QED) is 0.278. The van der Waals surface area contributed by atoms with Gasteiger partial charge in [-0.05, 0) is 54.7 Å². The largest absolute Gasteiger partial charge is 0.357 e. The zero-order chi connectivity index (χ0) is 20.6. The lowest BCUT2D eigenvalue weighted by Crippen LogP contribution is -2.49. The van der Waals surface area contributed by atoms with E-state index < -0.39 is 0 Å². The first-order chi connectivity index (χ1) is 14.8. The topological polar surface area (TPSA) is 52.6 Å². The average Bonchev–Trinajstić information content (AvgIpc) is 2.80. The molecule has 0 bridgehead atoms. The number of fused-ring (bicyclic) bond motifs is 1. The van der Waals surface area contributed by atoms with Crippen LogP contribution in [0.5, 0.6) is 0 Å². The van der Waals surface area contributed by atoms with Crippen LogP contribution in [0.3, 0.4) is 0 Å². The molecule has 3 aromatic rings. The highest BCUT2D eigenvalue weighted by molar-refractivity contribution is 14.0. The molecular formula is C25H32IN5. The van der Waals surface area contributed by atoms with Gasteiger partial charge in [-0.15, -0.1) is 24.0 Å². The lowest BCUT2D eigenvalue weighted by molar-refractivity contribution is 0.459. The monoisotopic (exact) mass is 529 g/mol. The fourth-order valence-electron chi connectivity index (χ4n) is 4.11. The summed E-state index contributed by atoms with van der Waals surface area (Å²) < 4.78 is 0. The first-order valence-corrected chi connectivity index (χ1v) is 11.0. The Morgan fingerprint density at radius 1 is 1.03 bits per heavy atom. The lowest BCUT2D eigenvalue weighted by atomic mass is 10.0. The Morgan fingerprint density at radius 2 is 1.81 bits per heavy atom. The summed E-state index contributed by atoms with van der Waals surface area (Å²) in [6.07, 6.45) is 4.98. The van der Waals surface area contributed by atoms with Gasteiger partial charge in [0.15, 0.2) is 5.96 Å². The van der Waals surface area contributed by atoms with Gasteiger partial charge in [0, 0.05) is 38.4 Å². The summed E-state index contributed by atoms with van der Waals surface area (Å²) in [5, 5.41) is 9.68. The first kappa shape index (κ1) is 23.3. The van der Waals surface area contributed by atoms with Crippen LogP contribution in [0, 0.1) is 0 Å². The van der Waals surface area contributed by atoms with Gasteiger partial charge in [0.2, 0.25) is 0 Å². The molecule has 1 fully saturated rings. The second-order valence-corrected chi connectivity index (χ2v) is 7.74. The highest BCUT2D eigenvalue weighted by Crippen LogP contribution is 2.19. The van der Waals surface area contributed by atoms with E-state index in [0.717, 1.165) is 57.2 Å². The van der Waals surface area contributed by atoms with E-state index >= 15 is 0 Å². The Balaban J connectivity index is 0.00000272. The molecule has 1 aliphatic rings. The minimum atomic E-state index is 0. The molecule has 0 atom stereocenters. The van der Waals surface area contributed by atoms with E-state index in [-0.39, 0.29) is 24.0 Å². The molecule has 0 amide bonds. The van der Waals surface area contributed by atoms with Crippen molar-refractivity contribution in [2.45, 2.75) is 32.2 Å². The molecule has 2 heterocycles. The van der Waals surface area contributed by atoms with Gasteiger partial charge in [-0.1, -0.05) is 48.5 Å². The molecule has 0 aliphatic carbocycles. The number of piperidine rings is 1. The Labute approximate surface area is 202 Å². The van der Waals surface area contributed by atoms with Crippen LogP contribution in [0.1, 0.15) is 25.3 Å². The third-order valence-corrected chi connectivity index (χ3v) is 5.68. The average molecular weight is 529 g/mol. The lowest BCUT2D eigenvalue weighted by Gasteiger charge is -2.33. The molecule has 5 nitrogen and oxygen atoms in total. The zero-order valence-corrected chi connectivity index (χ0v) is 20.5. The van der Waals surface area contributed by atoms with Crippen molar-refractivity contribution in [3.05, 3.63) is 72.4 Å². The van der Waals surface area contributed by atoms with Crippen molar-refractivity contribution in [3.8, 4) is 0 Å². The summed E-state index contributed by atoms with van der Waals surface area (Å²) in [6, 6.07) is 21.7. The second kappa shape index (κ2) is 11.9. The van der Waals surface area contributed by atoms with Crippen LogP contribution in [0.2, 0.25) is 0 Å². The summed E-state index contributed by atoms with van der Waals surface area (Å²) in [7, 11) is 0. The van der Waals surface area contributed by atoms with Crippen LogP contribution in [-0.4, -0.2) is 43.2 Å². The fourth-order valence-corrected chi connectivity index (χ4v) is 4.11. The molecular weight excluding hydrogens is 497 g/mol. The van der Waals surface area contributed by atoms with E-state index in [0.29, 0.717) is 6.04 Å². The number of aliphatic imine (C=N–C) groups is 1. The highest BCUT2D eigenvalue weighted by atomic mass is 127. The molecule has 2 N–H and O–H groups in total. The number of hydrogen-bond donors (Lipinski definition) is 2. The van der Waals surface area contributed by atoms with Gasteiger partial charge < -0.3 is 15.5 Å². The Hall–Kier alpha value is -2.35. The van der Waals surface area contributed by atoms with Gasteiger partial charge in [-0.25, -0.2) is 4.98 Å². The maximum absolute atomic E-state index is 4.86. The molecule has 0 saturated carbocycles. The van der Waals surface area contributed by atoms with Crippen molar-refractivity contribution in [3.63, 3.8) is 0 Å². The number of anilines is 1. The number of aromatic nitrogens is 1. The third-order valence-electron chi connectivity index (χ3n) is 5.68. The van der Waals surface area contributed by atoms with E-state index in [1.54, 1.807) is 0 Å². The number of hydrogen-bond acceptors (Lipinski definition) is 3. The third kappa shape index (κ3) is 6.32. The minimum absolute atomic E-state index is 0. The van der Waals surface area contributed by atoms with Crippen molar-refractivity contribution < 1.29 is 0 Å². The van der Waals surface area contributed by atoms with E-state index in [4.69, 9.17) is 4.99 Å². The van der Waals surface area contributed by atoms with Crippen LogP contribution in [0.25, 0.3) is 10.8 Å². The zero-order valence-electron chi connectivity index (χ0n) is 18.1. The molecule has 31 heavy (non-hydrogen) atoms. The number of nitrogens with one attached hydrogen (secondary N) is 2. The first-order valence-electron chi connectivity index (χ1n) is 11.0. The molecule has 0 radical (unpaired) electrons. The van der Waals surface area contributed by atoms with Crippen LogP contribution in [-0.2, 0) is 6.42 Å². The molecule has 2 aromatic carbocycles. The predicted molar refractivity (Wildman–Crippen MR) is 142 cm³/mol. The molecule has 1 saturated heterocycles. The van der Waals surface area contributed by atoms with Crippen molar-refractivity contribution in [2.75, 3.05) is 31.1 Å². The molecule has 164 valence electrons. The Kier molecular flexibility index (Phi) is 8.94.